The predicted molar refractivity (Wildman–Crippen MR) is 82.4 cm³/mol. The van der Waals surface area contributed by atoms with Crippen LogP contribution in [0.4, 0.5) is 4.39 Å². The summed E-state index contributed by atoms with van der Waals surface area (Å²) in [7, 11) is 0. The van der Waals surface area contributed by atoms with Crippen LogP contribution in [0.5, 0.6) is 0 Å². The van der Waals surface area contributed by atoms with Crippen LogP contribution in [-0.4, -0.2) is 27.7 Å². The molecule has 5 nitrogen and oxygen atoms in total. The fourth-order valence-electron chi connectivity index (χ4n) is 2.14. The van der Waals surface area contributed by atoms with E-state index in [-0.39, 0.29) is 11.9 Å². The Bertz CT molecular complexity index is 736. The van der Waals surface area contributed by atoms with E-state index in [9.17, 15) is 4.39 Å². The average Bonchev–Trinajstić information content (AvgIpc) is 3.09. The van der Waals surface area contributed by atoms with Gasteiger partial charge < -0.3 is 4.74 Å². The molecular formula is C13H12BrFN4OS. The molecule has 0 aliphatic carbocycles. The fourth-order valence-corrected chi connectivity index (χ4v) is 2.70. The van der Waals surface area contributed by atoms with Crippen LogP contribution in [0.2, 0.25) is 0 Å². The Morgan fingerprint density at radius 2 is 2.43 bits per heavy atom. The molecule has 0 saturated carbocycles. The van der Waals surface area contributed by atoms with E-state index in [1.54, 1.807) is 12.1 Å². The lowest BCUT2D eigenvalue weighted by Gasteiger charge is -2.07. The van der Waals surface area contributed by atoms with E-state index >= 15 is 0 Å². The number of halogens is 2. The van der Waals surface area contributed by atoms with Gasteiger partial charge in [-0.05, 0) is 43.3 Å². The Morgan fingerprint density at radius 1 is 1.57 bits per heavy atom. The van der Waals surface area contributed by atoms with Gasteiger partial charge in [0.25, 0.3) is 0 Å². The monoisotopic (exact) mass is 370 g/mol. The summed E-state index contributed by atoms with van der Waals surface area (Å²) in [6, 6.07) is 4.66. The normalized spacial score (nSPS) is 18.7. The molecule has 1 fully saturated rings. The van der Waals surface area contributed by atoms with Crippen molar-refractivity contribution in [3.63, 3.8) is 0 Å². The minimum atomic E-state index is -0.351. The van der Waals surface area contributed by atoms with Gasteiger partial charge in [0.2, 0.25) is 4.77 Å². The molecule has 1 aromatic heterocycles. The van der Waals surface area contributed by atoms with Crippen LogP contribution in [-0.2, 0) is 4.74 Å². The van der Waals surface area contributed by atoms with Crippen molar-refractivity contribution in [2.45, 2.75) is 18.9 Å². The summed E-state index contributed by atoms with van der Waals surface area (Å²) >= 11 is 8.46. The van der Waals surface area contributed by atoms with E-state index in [2.05, 4.69) is 31.2 Å². The summed E-state index contributed by atoms with van der Waals surface area (Å²) in [5.41, 5.74) is 0.366. The quantitative estimate of drug-likeness (QED) is 0.663. The average molecular weight is 371 g/mol. The number of hydrogen-bond acceptors (Lipinski definition) is 4. The second-order valence-electron chi connectivity index (χ2n) is 4.61. The summed E-state index contributed by atoms with van der Waals surface area (Å²) in [6.07, 6.45) is 3.15. The molecule has 1 saturated heterocycles. The minimum Gasteiger partial charge on any atom is -0.370 e. The first-order valence-electron chi connectivity index (χ1n) is 6.43. The van der Waals surface area contributed by atoms with Crippen LogP contribution < -0.4 is 0 Å². The zero-order valence-corrected chi connectivity index (χ0v) is 13.3. The van der Waals surface area contributed by atoms with Crippen LogP contribution in [0.25, 0.3) is 0 Å². The van der Waals surface area contributed by atoms with Gasteiger partial charge in [0.1, 0.15) is 11.9 Å². The lowest BCUT2D eigenvalue weighted by Crippen LogP contribution is -2.05. The molecule has 2 heterocycles. The largest absolute Gasteiger partial charge is 0.370 e. The summed E-state index contributed by atoms with van der Waals surface area (Å²) in [6.45, 7) is 0.703. The molecule has 0 radical (unpaired) electrons. The number of nitrogens with zero attached hydrogens (tertiary/aromatic N) is 3. The van der Waals surface area contributed by atoms with Gasteiger partial charge in [-0.2, -0.15) is 14.9 Å². The van der Waals surface area contributed by atoms with E-state index < -0.39 is 0 Å². The molecule has 1 aliphatic heterocycles. The molecule has 0 amide bonds. The summed E-state index contributed by atoms with van der Waals surface area (Å²) in [5.74, 6) is 0.264. The summed E-state index contributed by atoms with van der Waals surface area (Å²) in [4.78, 5) is 0. The predicted octanol–water partition coefficient (Wildman–Crippen LogP) is 3.58. The smallest absolute Gasteiger partial charge is 0.216 e. The second kappa shape index (κ2) is 6.17. The third-order valence-electron chi connectivity index (χ3n) is 3.16. The van der Waals surface area contributed by atoms with Gasteiger partial charge in [0, 0.05) is 16.6 Å². The maximum absolute atomic E-state index is 13.7. The number of rotatable bonds is 3. The first-order valence-corrected chi connectivity index (χ1v) is 7.63. The van der Waals surface area contributed by atoms with Crippen molar-refractivity contribution in [1.82, 2.24) is 14.9 Å². The number of H-pyrrole nitrogens is 1. The highest BCUT2D eigenvalue weighted by Crippen LogP contribution is 2.27. The van der Waals surface area contributed by atoms with Crippen LogP contribution in [0.1, 0.15) is 30.3 Å². The van der Waals surface area contributed by atoms with Gasteiger partial charge in [0.15, 0.2) is 5.82 Å². The van der Waals surface area contributed by atoms with Crippen molar-refractivity contribution in [2.75, 3.05) is 6.61 Å². The maximum Gasteiger partial charge on any atom is 0.216 e. The van der Waals surface area contributed by atoms with Crippen molar-refractivity contribution in [2.24, 2.45) is 5.10 Å². The van der Waals surface area contributed by atoms with E-state index in [0.717, 1.165) is 17.3 Å². The number of benzene rings is 1. The molecule has 8 heteroatoms. The Labute approximate surface area is 134 Å². The highest BCUT2D eigenvalue weighted by Gasteiger charge is 2.23. The van der Waals surface area contributed by atoms with Crippen LogP contribution in [0, 0.1) is 10.6 Å². The summed E-state index contributed by atoms with van der Waals surface area (Å²) in [5, 5.41) is 11.1. The van der Waals surface area contributed by atoms with Crippen molar-refractivity contribution in [1.29, 1.82) is 0 Å². The first kappa shape index (κ1) is 14.6. The standard InChI is InChI=1S/C13H12BrFN4OS/c14-9-3-4-10(15)8(6-9)7-16-19-12(17-18-13(19)21)11-2-1-5-20-11/h3-4,6-7,11H,1-2,5H2,(H,18,21)/b16-7-/t11-/m1/s1. The van der Waals surface area contributed by atoms with Gasteiger partial charge >= 0.3 is 0 Å². The highest BCUT2D eigenvalue weighted by molar-refractivity contribution is 9.10. The van der Waals surface area contributed by atoms with Gasteiger partial charge in [0.05, 0.1) is 6.21 Å². The maximum atomic E-state index is 13.7. The molecule has 1 aromatic carbocycles. The zero-order chi connectivity index (χ0) is 14.8. The summed E-state index contributed by atoms with van der Waals surface area (Å²) < 4.78 is 21.9. The molecule has 0 unspecified atom stereocenters. The van der Waals surface area contributed by atoms with Gasteiger partial charge in [-0.15, -0.1) is 0 Å². The molecule has 1 atom stereocenters. The lowest BCUT2D eigenvalue weighted by atomic mass is 10.2. The Hall–Kier alpha value is -1.38. The van der Waals surface area contributed by atoms with Gasteiger partial charge in [-0.3, -0.25) is 5.10 Å². The fraction of sp³-hybridized carbons (Fsp3) is 0.308. The third-order valence-corrected chi connectivity index (χ3v) is 3.92. The molecule has 0 spiro atoms. The Kier molecular flexibility index (Phi) is 4.27. The molecule has 1 aliphatic rings. The molecule has 110 valence electrons. The molecule has 3 rings (SSSR count). The Morgan fingerprint density at radius 3 is 3.19 bits per heavy atom. The van der Waals surface area contributed by atoms with Crippen LogP contribution in [0.3, 0.4) is 0 Å². The highest BCUT2D eigenvalue weighted by atomic mass is 79.9. The van der Waals surface area contributed by atoms with Crippen molar-refractivity contribution < 1.29 is 9.13 Å². The van der Waals surface area contributed by atoms with E-state index in [4.69, 9.17) is 17.0 Å². The number of hydrogen-bond donors (Lipinski definition) is 1. The number of ether oxygens (including phenoxy) is 1. The molecule has 0 bridgehead atoms. The number of aromatic nitrogens is 3. The van der Waals surface area contributed by atoms with Crippen molar-refractivity contribution >= 4 is 34.4 Å². The van der Waals surface area contributed by atoms with Gasteiger partial charge in [-0.25, -0.2) is 4.39 Å². The first-order chi connectivity index (χ1) is 10.1. The second-order valence-corrected chi connectivity index (χ2v) is 5.91. The molecular weight excluding hydrogens is 359 g/mol. The van der Waals surface area contributed by atoms with Crippen LogP contribution >= 0.6 is 28.1 Å². The molecule has 21 heavy (non-hydrogen) atoms. The van der Waals surface area contributed by atoms with Crippen molar-refractivity contribution in [3.8, 4) is 0 Å². The van der Waals surface area contributed by atoms with Gasteiger partial charge in [-0.1, -0.05) is 15.9 Å². The zero-order valence-electron chi connectivity index (χ0n) is 10.9. The number of nitrogens with one attached hydrogen (secondary N) is 1. The van der Waals surface area contributed by atoms with E-state index in [1.807, 2.05) is 0 Å². The van der Waals surface area contributed by atoms with Crippen LogP contribution in [0.15, 0.2) is 27.8 Å². The van der Waals surface area contributed by atoms with E-state index in [0.29, 0.717) is 22.8 Å². The minimum absolute atomic E-state index is 0.123. The van der Waals surface area contributed by atoms with Crippen molar-refractivity contribution in [3.05, 3.63) is 44.6 Å². The SMILES string of the molecule is Fc1ccc(Br)cc1/C=N\n1c([C@H]2CCCO2)n[nH]c1=S. The molecule has 2 aromatic rings. The number of aromatic amines is 1. The lowest BCUT2D eigenvalue weighted by molar-refractivity contribution is 0.102. The third kappa shape index (κ3) is 3.12. The van der Waals surface area contributed by atoms with E-state index in [1.165, 1.54) is 17.0 Å². The molecule has 1 N–H and O–H groups in total. The Balaban J connectivity index is 1.94. The topological polar surface area (TPSA) is 55.2 Å².